The van der Waals surface area contributed by atoms with E-state index < -0.39 is 5.82 Å². The second kappa shape index (κ2) is 4.37. The fourth-order valence-corrected chi connectivity index (χ4v) is 3.10. The van der Waals surface area contributed by atoms with Crippen molar-refractivity contribution in [3.05, 3.63) is 23.0 Å². The van der Waals surface area contributed by atoms with Crippen molar-refractivity contribution in [1.29, 1.82) is 0 Å². The number of anilines is 1. The normalized spacial score (nSPS) is 17.6. The molecule has 3 nitrogen and oxygen atoms in total. The molecule has 19 heavy (non-hydrogen) atoms. The van der Waals surface area contributed by atoms with Gasteiger partial charge < -0.3 is 10.3 Å². The van der Waals surface area contributed by atoms with E-state index in [1.165, 1.54) is 25.3 Å². The molecule has 1 fully saturated rings. The van der Waals surface area contributed by atoms with Crippen molar-refractivity contribution in [1.82, 2.24) is 9.55 Å². The van der Waals surface area contributed by atoms with Gasteiger partial charge in [0.25, 0.3) is 0 Å². The maximum absolute atomic E-state index is 13.4. The minimum atomic E-state index is -0.451. The lowest BCUT2D eigenvalue weighted by molar-refractivity contribution is 0.103. The lowest BCUT2D eigenvalue weighted by Crippen LogP contribution is -2.33. The molecule has 0 radical (unpaired) electrons. The second-order valence-corrected chi connectivity index (χ2v) is 5.93. The zero-order valence-corrected chi connectivity index (χ0v) is 11.7. The number of imidazole rings is 1. The summed E-state index contributed by atoms with van der Waals surface area (Å²) in [7, 11) is 0. The largest absolute Gasteiger partial charge is 0.369 e. The SMILES string of the molecule is CCC1(Cn2c(N)nc3cc(F)c(Cl)cc32)CCC1. The fourth-order valence-electron chi connectivity index (χ4n) is 2.94. The van der Waals surface area contributed by atoms with Gasteiger partial charge in [0.1, 0.15) is 5.82 Å². The summed E-state index contributed by atoms with van der Waals surface area (Å²) >= 11 is 5.86. The van der Waals surface area contributed by atoms with Gasteiger partial charge in [0, 0.05) is 12.6 Å². The fraction of sp³-hybridized carbons (Fsp3) is 0.500. The quantitative estimate of drug-likeness (QED) is 0.924. The first kappa shape index (κ1) is 12.7. The predicted octanol–water partition coefficient (Wildman–Crippen LogP) is 3.99. The van der Waals surface area contributed by atoms with Crippen molar-refractivity contribution < 1.29 is 4.39 Å². The van der Waals surface area contributed by atoms with Crippen LogP contribution in [0.15, 0.2) is 12.1 Å². The Morgan fingerprint density at radius 3 is 2.79 bits per heavy atom. The molecule has 3 rings (SSSR count). The summed E-state index contributed by atoms with van der Waals surface area (Å²) in [5, 5.41) is 0.118. The van der Waals surface area contributed by atoms with E-state index in [4.69, 9.17) is 17.3 Å². The van der Waals surface area contributed by atoms with Crippen LogP contribution in [0.1, 0.15) is 32.6 Å². The first-order valence-electron chi connectivity index (χ1n) is 6.65. The average molecular weight is 282 g/mol. The Hall–Kier alpha value is -1.29. The van der Waals surface area contributed by atoms with Gasteiger partial charge in [0.2, 0.25) is 5.95 Å². The number of hydrogen-bond acceptors (Lipinski definition) is 2. The number of hydrogen-bond donors (Lipinski definition) is 1. The van der Waals surface area contributed by atoms with Crippen molar-refractivity contribution >= 4 is 28.6 Å². The molecule has 1 heterocycles. The number of fused-ring (bicyclic) bond motifs is 1. The Labute approximate surface area is 116 Å². The molecule has 0 atom stereocenters. The monoisotopic (exact) mass is 281 g/mol. The molecule has 0 amide bonds. The van der Waals surface area contributed by atoms with Crippen LogP contribution in [0.25, 0.3) is 11.0 Å². The Morgan fingerprint density at radius 2 is 2.21 bits per heavy atom. The number of halogens is 2. The predicted molar refractivity (Wildman–Crippen MR) is 75.7 cm³/mol. The molecule has 1 saturated carbocycles. The van der Waals surface area contributed by atoms with Gasteiger partial charge in [-0.05, 0) is 30.7 Å². The molecule has 2 aromatic rings. The number of benzene rings is 1. The zero-order chi connectivity index (χ0) is 13.6. The van der Waals surface area contributed by atoms with Crippen LogP contribution in [0.2, 0.25) is 5.02 Å². The van der Waals surface area contributed by atoms with E-state index in [9.17, 15) is 4.39 Å². The lowest BCUT2D eigenvalue weighted by Gasteiger charge is -2.41. The van der Waals surface area contributed by atoms with E-state index in [2.05, 4.69) is 11.9 Å². The Bertz CT molecular complexity index is 626. The summed E-state index contributed by atoms with van der Waals surface area (Å²) in [4.78, 5) is 4.23. The Balaban J connectivity index is 2.07. The van der Waals surface area contributed by atoms with Crippen molar-refractivity contribution in [3.8, 4) is 0 Å². The molecule has 1 aliphatic carbocycles. The van der Waals surface area contributed by atoms with Crippen molar-refractivity contribution in [2.45, 2.75) is 39.2 Å². The van der Waals surface area contributed by atoms with Crippen molar-refractivity contribution in [2.75, 3.05) is 5.73 Å². The summed E-state index contributed by atoms with van der Waals surface area (Å²) in [6.07, 6.45) is 4.84. The third-order valence-electron chi connectivity index (χ3n) is 4.48. The summed E-state index contributed by atoms with van der Waals surface area (Å²) in [5.74, 6) is -0.0101. The summed E-state index contributed by atoms with van der Waals surface area (Å²) in [6, 6.07) is 2.97. The van der Waals surface area contributed by atoms with Gasteiger partial charge in [-0.2, -0.15) is 0 Å². The molecule has 1 aromatic carbocycles. The van der Waals surface area contributed by atoms with Crippen LogP contribution >= 0.6 is 11.6 Å². The van der Waals surface area contributed by atoms with E-state index in [0.717, 1.165) is 18.5 Å². The minimum Gasteiger partial charge on any atom is -0.369 e. The van der Waals surface area contributed by atoms with Gasteiger partial charge in [0.15, 0.2) is 0 Å². The molecule has 0 saturated heterocycles. The number of nitrogens with zero attached hydrogens (tertiary/aromatic N) is 2. The molecule has 0 bridgehead atoms. The molecule has 5 heteroatoms. The van der Waals surface area contributed by atoms with Gasteiger partial charge >= 0.3 is 0 Å². The number of aromatic nitrogens is 2. The van der Waals surface area contributed by atoms with Crippen LogP contribution in [0.5, 0.6) is 0 Å². The van der Waals surface area contributed by atoms with E-state index in [-0.39, 0.29) is 5.02 Å². The molecule has 0 aliphatic heterocycles. The molecule has 0 unspecified atom stereocenters. The lowest BCUT2D eigenvalue weighted by atomic mass is 9.67. The van der Waals surface area contributed by atoms with E-state index in [1.807, 2.05) is 4.57 Å². The first-order chi connectivity index (χ1) is 9.04. The summed E-state index contributed by atoms with van der Waals surface area (Å²) in [5.41, 5.74) is 7.70. The molecule has 0 spiro atoms. The third-order valence-corrected chi connectivity index (χ3v) is 4.77. The Kier molecular flexibility index (Phi) is 2.93. The van der Waals surface area contributed by atoms with Gasteiger partial charge in [0.05, 0.1) is 16.1 Å². The smallest absolute Gasteiger partial charge is 0.201 e. The maximum atomic E-state index is 13.4. The van der Waals surface area contributed by atoms with Gasteiger partial charge in [-0.3, -0.25) is 0 Å². The van der Waals surface area contributed by atoms with Crippen LogP contribution in [0, 0.1) is 11.2 Å². The molecular weight excluding hydrogens is 265 g/mol. The zero-order valence-electron chi connectivity index (χ0n) is 10.9. The van der Waals surface area contributed by atoms with Gasteiger partial charge in [-0.1, -0.05) is 24.9 Å². The van der Waals surface area contributed by atoms with Crippen LogP contribution in [0.3, 0.4) is 0 Å². The summed E-state index contributed by atoms with van der Waals surface area (Å²) < 4.78 is 15.4. The van der Waals surface area contributed by atoms with E-state index >= 15 is 0 Å². The van der Waals surface area contributed by atoms with E-state index in [1.54, 1.807) is 6.07 Å². The Morgan fingerprint density at radius 1 is 1.47 bits per heavy atom. The standard InChI is InChI=1S/C14H17ClFN3/c1-2-14(4-3-5-14)8-19-12-6-9(15)10(16)7-11(12)18-13(19)17/h6-7H,2-5,8H2,1H3,(H2,17,18). The minimum absolute atomic E-state index is 0.118. The molecular formula is C14H17ClFN3. The number of rotatable bonds is 3. The highest BCUT2D eigenvalue weighted by Crippen LogP contribution is 2.46. The highest BCUT2D eigenvalue weighted by Gasteiger charge is 2.36. The number of nitrogens with two attached hydrogens (primary N) is 1. The first-order valence-corrected chi connectivity index (χ1v) is 7.03. The van der Waals surface area contributed by atoms with Crippen LogP contribution in [-0.4, -0.2) is 9.55 Å². The van der Waals surface area contributed by atoms with Gasteiger partial charge in [-0.15, -0.1) is 0 Å². The number of nitrogen functional groups attached to an aromatic ring is 1. The summed E-state index contributed by atoms with van der Waals surface area (Å²) in [6.45, 7) is 3.05. The molecule has 1 aromatic heterocycles. The van der Waals surface area contributed by atoms with Crippen LogP contribution in [0.4, 0.5) is 10.3 Å². The third kappa shape index (κ3) is 1.98. The average Bonchev–Trinajstić information content (AvgIpc) is 2.61. The van der Waals surface area contributed by atoms with Crippen molar-refractivity contribution in [3.63, 3.8) is 0 Å². The van der Waals surface area contributed by atoms with Crippen molar-refractivity contribution in [2.24, 2.45) is 5.41 Å². The molecule has 102 valence electrons. The molecule has 2 N–H and O–H groups in total. The second-order valence-electron chi connectivity index (χ2n) is 5.52. The van der Waals surface area contributed by atoms with E-state index in [0.29, 0.717) is 16.9 Å². The molecule has 1 aliphatic rings. The highest BCUT2D eigenvalue weighted by molar-refractivity contribution is 6.31. The van der Waals surface area contributed by atoms with Crippen LogP contribution in [-0.2, 0) is 6.54 Å². The van der Waals surface area contributed by atoms with Gasteiger partial charge in [-0.25, -0.2) is 9.37 Å². The topological polar surface area (TPSA) is 43.8 Å². The maximum Gasteiger partial charge on any atom is 0.201 e. The highest BCUT2D eigenvalue weighted by atomic mass is 35.5. The van der Waals surface area contributed by atoms with Crippen LogP contribution < -0.4 is 5.73 Å².